The van der Waals surface area contributed by atoms with Crippen molar-refractivity contribution in [2.24, 2.45) is 0 Å². The number of methoxy groups -OCH3 is 2. The molecule has 0 aliphatic rings. The number of ether oxygens (including phenoxy) is 2. The standard InChI is InChI=1S/C14H21ClN4O2/c1-20-7-3-5-18-12-9-13(17)19(6-4-8-21-2)14(15)11(12)10-16/h9H,3-8H2,1-2H3,(H2,17,18)/p+1. The smallest absolute Gasteiger partial charge is 0.275 e. The van der Waals surface area contributed by atoms with Crippen LogP contribution in [-0.2, 0) is 16.0 Å². The molecule has 0 unspecified atom stereocenters. The molecular formula is C14H22ClN4O2+. The maximum atomic E-state index is 9.31. The fourth-order valence-corrected chi connectivity index (χ4v) is 2.26. The third-order valence-corrected chi connectivity index (χ3v) is 3.39. The molecule has 7 heteroatoms. The minimum absolute atomic E-state index is 0.350. The summed E-state index contributed by atoms with van der Waals surface area (Å²) in [6.07, 6.45) is 1.61. The molecule has 0 aromatic carbocycles. The lowest BCUT2D eigenvalue weighted by Crippen LogP contribution is -2.40. The highest BCUT2D eigenvalue weighted by molar-refractivity contribution is 6.30. The molecule has 1 heterocycles. The number of nitrogen functional groups attached to an aromatic ring is 1. The fraction of sp³-hybridized carbons (Fsp3) is 0.571. The summed E-state index contributed by atoms with van der Waals surface area (Å²) in [7, 11) is 3.30. The first kappa shape index (κ1) is 17.5. The molecule has 0 aliphatic heterocycles. The zero-order chi connectivity index (χ0) is 15.7. The number of halogens is 1. The van der Waals surface area contributed by atoms with Crippen LogP contribution in [0.3, 0.4) is 0 Å². The van der Waals surface area contributed by atoms with E-state index in [1.165, 1.54) is 0 Å². The molecule has 6 nitrogen and oxygen atoms in total. The first-order valence-electron chi connectivity index (χ1n) is 6.79. The Bertz CT molecular complexity index is 503. The van der Waals surface area contributed by atoms with Crippen LogP contribution < -0.4 is 15.6 Å². The molecule has 0 saturated heterocycles. The maximum absolute atomic E-state index is 9.31. The third-order valence-electron chi connectivity index (χ3n) is 3.00. The van der Waals surface area contributed by atoms with Gasteiger partial charge >= 0.3 is 0 Å². The van der Waals surface area contributed by atoms with Gasteiger partial charge in [0.15, 0.2) is 0 Å². The SMILES string of the molecule is COCCCNc1cc(N)[n+](CCCOC)c(Cl)c1C#N. The lowest BCUT2D eigenvalue weighted by molar-refractivity contribution is -0.681. The van der Waals surface area contributed by atoms with E-state index < -0.39 is 0 Å². The van der Waals surface area contributed by atoms with Gasteiger partial charge in [0.2, 0.25) is 5.15 Å². The van der Waals surface area contributed by atoms with Gasteiger partial charge in [0.25, 0.3) is 5.82 Å². The molecule has 1 rings (SSSR count). The third kappa shape index (κ3) is 5.05. The van der Waals surface area contributed by atoms with Crippen molar-refractivity contribution in [3.8, 4) is 6.07 Å². The molecule has 116 valence electrons. The summed E-state index contributed by atoms with van der Waals surface area (Å²) >= 11 is 6.29. The highest BCUT2D eigenvalue weighted by atomic mass is 35.5. The van der Waals surface area contributed by atoms with Crippen LogP contribution in [0.4, 0.5) is 11.5 Å². The number of nitrogens with two attached hydrogens (primary N) is 1. The number of nitrogens with one attached hydrogen (secondary N) is 1. The minimum Gasteiger partial charge on any atom is -0.385 e. The number of nitriles is 1. The van der Waals surface area contributed by atoms with Crippen LogP contribution in [0.1, 0.15) is 18.4 Å². The molecule has 0 radical (unpaired) electrons. The van der Waals surface area contributed by atoms with Crippen molar-refractivity contribution in [2.75, 3.05) is 45.0 Å². The van der Waals surface area contributed by atoms with Crippen molar-refractivity contribution in [2.45, 2.75) is 19.4 Å². The Hall–Kier alpha value is -1.55. The van der Waals surface area contributed by atoms with E-state index in [0.717, 1.165) is 12.8 Å². The molecule has 0 fully saturated rings. The topological polar surface area (TPSA) is 84.2 Å². The number of pyridine rings is 1. The number of hydrogen-bond acceptors (Lipinski definition) is 5. The summed E-state index contributed by atoms with van der Waals surface area (Å²) in [4.78, 5) is 0. The number of anilines is 2. The van der Waals surface area contributed by atoms with Crippen LogP contribution in [0.15, 0.2) is 6.07 Å². The van der Waals surface area contributed by atoms with Crippen molar-refractivity contribution in [1.29, 1.82) is 5.26 Å². The van der Waals surface area contributed by atoms with E-state index in [0.29, 0.717) is 48.5 Å². The predicted octanol–water partition coefficient (Wildman–Crippen LogP) is 1.57. The van der Waals surface area contributed by atoms with E-state index >= 15 is 0 Å². The summed E-state index contributed by atoms with van der Waals surface area (Å²) in [6, 6.07) is 3.87. The average Bonchev–Trinajstić information content (AvgIpc) is 2.47. The highest BCUT2D eigenvalue weighted by Gasteiger charge is 2.19. The number of rotatable bonds is 9. The molecule has 21 heavy (non-hydrogen) atoms. The second-order valence-corrected chi connectivity index (χ2v) is 4.89. The summed E-state index contributed by atoms with van der Waals surface area (Å²) in [5.41, 5.74) is 7.08. The number of nitrogens with zero attached hydrogens (tertiary/aromatic N) is 2. The minimum atomic E-state index is 0.350. The monoisotopic (exact) mass is 313 g/mol. The largest absolute Gasteiger partial charge is 0.385 e. The zero-order valence-corrected chi connectivity index (χ0v) is 13.2. The van der Waals surface area contributed by atoms with Gasteiger partial charge in [-0.2, -0.15) is 5.26 Å². The molecule has 0 saturated carbocycles. The van der Waals surface area contributed by atoms with Gasteiger partial charge in [-0.25, -0.2) is 4.57 Å². The van der Waals surface area contributed by atoms with E-state index in [4.69, 9.17) is 26.8 Å². The van der Waals surface area contributed by atoms with Crippen LogP contribution in [0.25, 0.3) is 0 Å². The van der Waals surface area contributed by atoms with Gasteiger partial charge in [-0.3, -0.25) is 5.73 Å². The Morgan fingerprint density at radius 2 is 2.00 bits per heavy atom. The van der Waals surface area contributed by atoms with Crippen molar-refractivity contribution >= 4 is 23.1 Å². The second-order valence-electron chi connectivity index (χ2n) is 4.53. The molecule has 0 bridgehead atoms. The summed E-state index contributed by atoms with van der Waals surface area (Å²) < 4.78 is 11.7. The Kier molecular flexibility index (Phi) is 7.83. The quantitative estimate of drug-likeness (QED) is 0.411. The van der Waals surface area contributed by atoms with Gasteiger partial charge in [0.1, 0.15) is 11.6 Å². The number of aromatic nitrogens is 1. The second kappa shape index (κ2) is 9.40. The van der Waals surface area contributed by atoms with Crippen LogP contribution >= 0.6 is 11.6 Å². The maximum Gasteiger partial charge on any atom is 0.275 e. The molecule has 3 N–H and O–H groups in total. The fourth-order valence-electron chi connectivity index (χ4n) is 1.94. The van der Waals surface area contributed by atoms with Crippen molar-refractivity contribution in [3.05, 3.63) is 16.8 Å². The lowest BCUT2D eigenvalue weighted by atomic mass is 10.2. The van der Waals surface area contributed by atoms with Gasteiger partial charge in [-0.15, -0.1) is 0 Å². The predicted molar refractivity (Wildman–Crippen MR) is 82.3 cm³/mol. The molecule has 0 aliphatic carbocycles. The van der Waals surface area contributed by atoms with E-state index in [1.54, 1.807) is 24.9 Å². The van der Waals surface area contributed by atoms with Crippen LogP contribution in [0.2, 0.25) is 5.15 Å². The Balaban J connectivity index is 2.89. The lowest BCUT2D eigenvalue weighted by Gasteiger charge is -2.12. The van der Waals surface area contributed by atoms with Crippen molar-refractivity contribution < 1.29 is 14.0 Å². The van der Waals surface area contributed by atoms with Crippen molar-refractivity contribution in [3.63, 3.8) is 0 Å². The Labute approximate surface area is 130 Å². The van der Waals surface area contributed by atoms with Crippen LogP contribution in [0, 0.1) is 11.3 Å². The molecule has 0 atom stereocenters. The Morgan fingerprint density at radius 3 is 2.62 bits per heavy atom. The van der Waals surface area contributed by atoms with Crippen molar-refractivity contribution in [1.82, 2.24) is 0 Å². The highest BCUT2D eigenvalue weighted by Crippen LogP contribution is 2.23. The van der Waals surface area contributed by atoms with Gasteiger partial charge in [-0.05, 0) is 18.0 Å². The molecule has 1 aromatic heterocycles. The number of hydrogen-bond donors (Lipinski definition) is 2. The normalized spacial score (nSPS) is 10.4. The molecule has 0 spiro atoms. The van der Waals surface area contributed by atoms with Crippen LogP contribution in [-0.4, -0.2) is 34.0 Å². The first-order valence-corrected chi connectivity index (χ1v) is 7.17. The van der Waals surface area contributed by atoms with E-state index in [-0.39, 0.29) is 0 Å². The zero-order valence-electron chi connectivity index (χ0n) is 12.5. The summed E-state index contributed by atoms with van der Waals surface area (Å²) in [5.74, 6) is 0.518. The molecule has 0 amide bonds. The summed E-state index contributed by atoms with van der Waals surface area (Å²) in [5, 5.41) is 12.8. The van der Waals surface area contributed by atoms with E-state index in [1.807, 2.05) is 0 Å². The van der Waals surface area contributed by atoms with Gasteiger partial charge in [0.05, 0.1) is 18.3 Å². The molecular weight excluding hydrogens is 292 g/mol. The summed E-state index contributed by atoms with van der Waals surface area (Å²) in [6.45, 7) is 2.56. The van der Waals surface area contributed by atoms with E-state index in [9.17, 15) is 5.26 Å². The first-order chi connectivity index (χ1) is 10.2. The van der Waals surface area contributed by atoms with Gasteiger partial charge in [-0.1, -0.05) is 0 Å². The average molecular weight is 314 g/mol. The van der Waals surface area contributed by atoms with E-state index in [2.05, 4.69) is 11.4 Å². The Morgan fingerprint density at radius 1 is 1.33 bits per heavy atom. The van der Waals surface area contributed by atoms with Gasteiger partial charge < -0.3 is 14.8 Å². The van der Waals surface area contributed by atoms with Gasteiger partial charge in [0, 0.05) is 40.4 Å². The van der Waals surface area contributed by atoms with Crippen LogP contribution in [0.5, 0.6) is 0 Å². The molecule has 1 aromatic rings.